The Balaban J connectivity index is 1.77. The minimum atomic E-state index is 0.250. The quantitative estimate of drug-likeness (QED) is 0.886. The fraction of sp³-hybridized carbons (Fsp3) is 0.538. The van der Waals surface area contributed by atoms with Crippen molar-refractivity contribution in [3.63, 3.8) is 0 Å². The topological polar surface area (TPSA) is 12.0 Å². The van der Waals surface area contributed by atoms with Crippen LogP contribution in [0.4, 0.5) is 0 Å². The highest BCUT2D eigenvalue weighted by atomic mass is 35.5. The monoisotopic (exact) mass is 253 g/mol. The number of hydrogen-bond acceptors (Lipinski definition) is 2. The Morgan fingerprint density at radius 3 is 2.88 bits per heavy atom. The van der Waals surface area contributed by atoms with Crippen molar-refractivity contribution in [1.82, 2.24) is 5.32 Å². The number of halogens is 1. The molecular formula is C13H16ClNS. The van der Waals surface area contributed by atoms with Gasteiger partial charge in [-0.25, -0.2) is 0 Å². The summed E-state index contributed by atoms with van der Waals surface area (Å²) in [6, 6.07) is 9.03. The Morgan fingerprint density at radius 2 is 2.25 bits per heavy atom. The molecule has 1 atom stereocenters. The van der Waals surface area contributed by atoms with Crippen molar-refractivity contribution < 1.29 is 0 Å². The molecule has 1 aliphatic heterocycles. The molecule has 1 saturated carbocycles. The molecule has 0 amide bonds. The Morgan fingerprint density at radius 1 is 1.38 bits per heavy atom. The molecule has 3 rings (SSSR count). The molecule has 1 nitrogen and oxygen atoms in total. The second-order valence-corrected chi connectivity index (χ2v) is 6.38. The lowest BCUT2D eigenvalue weighted by atomic mass is 10.0. The lowest BCUT2D eigenvalue weighted by molar-refractivity contribution is 0.445. The molecule has 1 saturated heterocycles. The van der Waals surface area contributed by atoms with Gasteiger partial charge in [0.15, 0.2) is 0 Å². The molecule has 3 heteroatoms. The maximum Gasteiger partial charge on any atom is 0.0439 e. The van der Waals surface area contributed by atoms with Crippen LogP contribution in [0.2, 0.25) is 5.02 Å². The zero-order valence-electron chi connectivity index (χ0n) is 9.21. The molecule has 2 aliphatic rings. The third-order valence-electron chi connectivity index (χ3n) is 3.54. The largest absolute Gasteiger partial charge is 0.304 e. The van der Waals surface area contributed by atoms with Crippen molar-refractivity contribution in [2.45, 2.75) is 30.8 Å². The van der Waals surface area contributed by atoms with Crippen LogP contribution >= 0.6 is 23.4 Å². The highest BCUT2D eigenvalue weighted by molar-refractivity contribution is 7.99. The molecule has 0 radical (unpaired) electrons. The zero-order chi connectivity index (χ0) is 11.0. The van der Waals surface area contributed by atoms with E-state index in [1.807, 2.05) is 6.07 Å². The van der Waals surface area contributed by atoms with Gasteiger partial charge in [0.25, 0.3) is 0 Å². The molecule has 1 aromatic carbocycles. The first kappa shape index (κ1) is 10.9. The summed E-state index contributed by atoms with van der Waals surface area (Å²) in [7, 11) is 0. The maximum absolute atomic E-state index is 6.06. The van der Waals surface area contributed by atoms with Crippen LogP contribution in [0.5, 0.6) is 0 Å². The van der Waals surface area contributed by atoms with Crippen molar-refractivity contribution in [3.8, 4) is 0 Å². The van der Waals surface area contributed by atoms with Crippen molar-refractivity contribution >= 4 is 23.4 Å². The van der Waals surface area contributed by atoms with Gasteiger partial charge in [-0.3, -0.25) is 0 Å². The van der Waals surface area contributed by atoms with Gasteiger partial charge in [-0.15, -0.1) is 0 Å². The first-order chi connectivity index (χ1) is 7.78. The molecule has 1 unspecified atom stereocenters. The number of benzene rings is 1. The van der Waals surface area contributed by atoms with Gasteiger partial charge in [-0.2, -0.15) is 11.8 Å². The molecule has 16 heavy (non-hydrogen) atoms. The van der Waals surface area contributed by atoms with Gasteiger partial charge in [0.1, 0.15) is 0 Å². The zero-order valence-corrected chi connectivity index (χ0v) is 10.8. The summed E-state index contributed by atoms with van der Waals surface area (Å²) < 4.78 is 0. The smallest absolute Gasteiger partial charge is 0.0439 e. The normalized spacial score (nSPS) is 26.9. The second kappa shape index (κ2) is 4.25. The number of thioether (sulfide) groups is 1. The summed E-state index contributed by atoms with van der Waals surface area (Å²) in [5.74, 6) is 2.58. The lowest BCUT2D eigenvalue weighted by Crippen LogP contribution is -2.38. The van der Waals surface area contributed by atoms with Crippen molar-refractivity contribution in [2.24, 2.45) is 0 Å². The Kier molecular flexibility index (Phi) is 2.90. The van der Waals surface area contributed by atoms with Crippen LogP contribution in [0.1, 0.15) is 24.8 Å². The van der Waals surface area contributed by atoms with E-state index in [-0.39, 0.29) is 5.54 Å². The molecule has 0 aromatic heterocycles. The molecule has 0 spiro atoms. The predicted molar refractivity (Wildman–Crippen MR) is 71.2 cm³/mol. The summed E-state index contributed by atoms with van der Waals surface area (Å²) in [6.07, 6.45) is 3.83. The van der Waals surface area contributed by atoms with Crippen LogP contribution in [0.15, 0.2) is 24.3 Å². The third-order valence-corrected chi connectivity index (χ3v) is 4.93. The van der Waals surface area contributed by atoms with E-state index in [2.05, 4.69) is 35.3 Å². The van der Waals surface area contributed by atoms with Crippen LogP contribution in [-0.4, -0.2) is 17.5 Å². The highest BCUT2D eigenvalue weighted by Crippen LogP contribution is 2.47. The summed E-state index contributed by atoms with van der Waals surface area (Å²) >= 11 is 8.12. The second-order valence-electron chi connectivity index (χ2n) is 4.80. The standard InChI is InChI=1S/C13H16ClNS/c14-11-3-1-2-10(8-11)13(5-6-13)15-12-4-7-16-9-12/h1-3,8,12,15H,4-7,9H2. The van der Waals surface area contributed by atoms with E-state index in [9.17, 15) is 0 Å². The maximum atomic E-state index is 6.06. The molecule has 1 aromatic rings. The summed E-state index contributed by atoms with van der Waals surface area (Å²) in [6.45, 7) is 0. The predicted octanol–water partition coefficient (Wildman–Crippen LogP) is 3.42. The van der Waals surface area contributed by atoms with E-state index >= 15 is 0 Å². The molecule has 86 valence electrons. The van der Waals surface area contributed by atoms with Crippen LogP contribution in [0.25, 0.3) is 0 Å². The van der Waals surface area contributed by atoms with Crippen LogP contribution < -0.4 is 5.32 Å². The van der Waals surface area contributed by atoms with Gasteiger partial charge in [-0.1, -0.05) is 23.7 Å². The summed E-state index contributed by atoms with van der Waals surface area (Å²) in [4.78, 5) is 0. The Bertz CT molecular complexity index is 383. The summed E-state index contributed by atoms with van der Waals surface area (Å²) in [5, 5.41) is 4.68. The molecule has 2 fully saturated rings. The van der Waals surface area contributed by atoms with Gasteiger partial charge < -0.3 is 5.32 Å². The SMILES string of the molecule is Clc1cccc(C2(NC3CCSC3)CC2)c1. The third kappa shape index (κ3) is 2.11. The summed E-state index contributed by atoms with van der Waals surface area (Å²) in [5.41, 5.74) is 1.62. The highest BCUT2D eigenvalue weighted by Gasteiger charge is 2.45. The van der Waals surface area contributed by atoms with Crippen molar-refractivity contribution in [3.05, 3.63) is 34.9 Å². The van der Waals surface area contributed by atoms with Crippen LogP contribution in [0, 0.1) is 0 Å². The molecular weight excluding hydrogens is 238 g/mol. The van der Waals surface area contributed by atoms with E-state index in [1.165, 1.54) is 36.3 Å². The van der Waals surface area contributed by atoms with Gasteiger partial charge >= 0.3 is 0 Å². The Hall–Kier alpha value is -0.180. The fourth-order valence-corrected chi connectivity index (χ4v) is 3.81. The number of rotatable bonds is 3. The van der Waals surface area contributed by atoms with E-state index < -0.39 is 0 Å². The van der Waals surface area contributed by atoms with Crippen molar-refractivity contribution in [2.75, 3.05) is 11.5 Å². The average molecular weight is 254 g/mol. The number of hydrogen-bond donors (Lipinski definition) is 1. The minimum Gasteiger partial charge on any atom is -0.304 e. The first-order valence-corrected chi connectivity index (χ1v) is 7.43. The van der Waals surface area contributed by atoms with E-state index in [4.69, 9.17) is 11.6 Å². The minimum absolute atomic E-state index is 0.250. The van der Waals surface area contributed by atoms with E-state index in [0.717, 1.165) is 5.02 Å². The average Bonchev–Trinajstić information content (AvgIpc) is 2.87. The van der Waals surface area contributed by atoms with Crippen LogP contribution in [0.3, 0.4) is 0 Å². The fourth-order valence-electron chi connectivity index (χ4n) is 2.47. The van der Waals surface area contributed by atoms with Crippen molar-refractivity contribution in [1.29, 1.82) is 0 Å². The van der Waals surface area contributed by atoms with Crippen LogP contribution in [-0.2, 0) is 5.54 Å². The van der Waals surface area contributed by atoms with Gasteiger partial charge in [0, 0.05) is 22.4 Å². The van der Waals surface area contributed by atoms with E-state index in [0.29, 0.717) is 6.04 Å². The first-order valence-electron chi connectivity index (χ1n) is 5.90. The van der Waals surface area contributed by atoms with Gasteiger partial charge in [0.2, 0.25) is 0 Å². The molecule has 1 heterocycles. The molecule has 0 bridgehead atoms. The number of nitrogens with one attached hydrogen (secondary N) is 1. The molecule has 1 N–H and O–H groups in total. The molecule has 1 aliphatic carbocycles. The van der Waals surface area contributed by atoms with E-state index in [1.54, 1.807) is 0 Å². The Labute approximate surface area is 106 Å². The van der Waals surface area contributed by atoms with Gasteiger partial charge in [0.05, 0.1) is 0 Å². The lowest BCUT2D eigenvalue weighted by Gasteiger charge is -2.22. The van der Waals surface area contributed by atoms with Gasteiger partial charge in [-0.05, 0) is 42.7 Å².